The molecule has 1 atom stereocenters. The van der Waals surface area contributed by atoms with Crippen LogP contribution in [0.4, 0.5) is 0 Å². The molecule has 0 saturated heterocycles. The molecule has 4 nitrogen and oxygen atoms in total. The predicted octanol–water partition coefficient (Wildman–Crippen LogP) is 1.56. The molecule has 1 N–H and O–H groups in total. The number of aliphatic imine (C=N–C) groups is 1. The Balaban J connectivity index is 2.91. The number of carbonyl (C=O) groups excluding carboxylic acids is 1. The number of allylic oxidation sites excluding steroid dienone is 1. The minimum atomic E-state index is -0.971. The van der Waals surface area contributed by atoms with Gasteiger partial charge in [0.25, 0.3) is 0 Å². The molecule has 0 fully saturated rings. The summed E-state index contributed by atoms with van der Waals surface area (Å²) in [5, 5.41) is 8.51. The molecule has 70 valence electrons. The normalized spacial score (nSPS) is 22.3. The number of alkyl halides is 1. The fourth-order valence-corrected chi connectivity index (χ4v) is 2.54. The molecule has 0 aromatic carbocycles. The number of hydrogen-bond acceptors (Lipinski definition) is 3. The fourth-order valence-electron chi connectivity index (χ4n) is 0.810. The van der Waals surface area contributed by atoms with Crippen molar-refractivity contribution in [3.05, 3.63) is 9.28 Å². The molecule has 0 radical (unpaired) electrons. The number of aliphatic carboxylic acids is 1. The quantitative estimate of drug-likeness (QED) is 0.561. The van der Waals surface area contributed by atoms with Crippen molar-refractivity contribution in [3.63, 3.8) is 0 Å². The van der Waals surface area contributed by atoms with Gasteiger partial charge < -0.3 is 5.11 Å². The van der Waals surface area contributed by atoms with Gasteiger partial charge in [0, 0.05) is 6.21 Å². The molecule has 0 aliphatic carbocycles. The summed E-state index contributed by atoms with van der Waals surface area (Å²) in [6.45, 7) is 0. The SMILES string of the molecule is O=C(O)CC1=C(I)C(=O)C(I)C=N1. The number of hydrogen-bond donors (Lipinski definition) is 1. The van der Waals surface area contributed by atoms with Gasteiger partial charge in [0.15, 0.2) is 5.78 Å². The van der Waals surface area contributed by atoms with Crippen LogP contribution in [-0.2, 0) is 9.59 Å². The molecule has 0 aromatic heterocycles. The number of carboxylic acid groups (broad SMARTS) is 1. The van der Waals surface area contributed by atoms with Crippen LogP contribution < -0.4 is 0 Å². The van der Waals surface area contributed by atoms with E-state index in [2.05, 4.69) is 4.99 Å². The summed E-state index contributed by atoms with van der Waals surface area (Å²) in [7, 11) is 0. The minimum absolute atomic E-state index is 0.0625. The first-order valence-electron chi connectivity index (χ1n) is 3.35. The summed E-state index contributed by atoms with van der Waals surface area (Å²) in [5.41, 5.74) is 0.353. The molecule has 0 aromatic rings. The highest BCUT2D eigenvalue weighted by Gasteiger charge is 2.24. The van der Waals surface area contributed by atoms with Gasteiger partial charge in [-0.2, -0.15) is 0 Å². The number of carboxylic acids is 1. The van der Waals surface area contributed by atoms with E-state index in [9.17, 15) is 9.59 Å². The number of rotatable bonds is 2. The van der Waals surface area contributed by atoms with Crippen LogP contribution in [0, 0.1) is 0 Å². The Bertz CT molecular complexity index is 322. The molecular weight excluding hydrogens is 400 g/mol. The molecule has 6 heteroatoms. The second-order valence-corrected chi connectivity index (χ2v) is 4.80. The minimum Gasteiger partial charge on any atom is -0.481 e. The molecule has 1 aliphatic rings. The molecule has 13 heavy (non-hydrogen) atoms. The van der Waals surface area contributed by atoms with Crippen molar-refractivity contribution in [2.75, 3.05) is 0 Å². The Hall–Kier alpha value is 0.01000. The monoisotopic (exact) mass is 405 g/mol. The van der Waals surface area contributed by atoms with Crippen molar-refractivity contribution in [3.8, 4) is 0 Å². The fraction of sp³-hybridized carbons (Fsp3) is 0.286. The molecule has 0 bridgehead atoms. The first-order valence-corrected chi connectivity index (χ1v) is 5.67. The summed E-state index contributed by atoms with van der Waals surface area (Å²) in [4.78, 5) is 25.7. The molecule has 0 saturated carbocycles. The van der Waals surface area contributed by atoms with E-state index in [0.717, 1.165) is 0 Å². The van der Waals surface area contributed by atoms with Gasteiger partial charge in [0.1, 0.15) is 3.92 Å². The van der Waals surface area contributed by atoms with Crippen LogP contribution in [0.3, 0.4) is 0 Å². The van der Waals surface area contributed by atoms with Crippen LogP contribution in [-0.4, -0.2) is 27.0 Å². The molecule has 0 spiro atoms. The van der Waals surface area contributed by atoms with Gasteiger partial charge >= 0.3 is 5.97 Å². The molecule has 1 heterocycles. The Labute approximate surface area is 102 Å². The molecule has 1 unspecified atom stereocenters. The van der Waals surface area contributed by atoms with E-state index >= 15 is 0 Å². The lowest BCUT2D eigenvalue weighted by atomic mass is 10.2. The lowest BCUT2D eigenvalue weighted by molar-refractivity contribution is -0.136. The van der Waals surface area contributed by atoms with Crippen LogP contribution in [0.1, 0.15) is 6.42 Å². The third kappa shape index (κ3) is 2.73. The molecular formula is C7H5I2NO3. The number of carbonyl (C=O) groups is 2. The van der Waals surface area contributed by atoms with Gasteiger partial charge in [-0.25, -0.2) is 0 Å². The van der Waals surface area contributed by atoms with E-state index < -0.39 is 5.97 Å². The maximum Gasteiger partial charge on any atom is 0.309 e. The zero-order valence-corrected chi connectivity index (χ0v) is 10.6. The van der Waals surface area contributed by atoms with Gasteiger partial charge in [0.05, 0.1) is 15.7 Å². The maximum absolute atomic E-state index is 11.4. The van der Waals surface area contributed by atoms with Gasteiger partial charge in [-0.3, -0.25) is 14.6 Å². The smallest absolute Gasteiger partial charge is 0.309 e. The summed E-state index contributed by atoms with van der Waals surface area (Å²) in [5.74, 6) is -1.03. The largest absolute Gasteiger partial charge is 0.481 e. The highest BCUT2D eigenvalue weighted by atomic mass is 127. The van der Waals surface area contributed by atoms with Gasteiger partial charge in [-0.1, -0.05) is 22.6 Å². The van der Waals surface area contributed by atoms with Crippen molar-refractivity contribution in [1.29, 1.82) is 0 Å². The zero-order chi connectivity index (χ0) is 10.0. The summed E-state index contributed by atoms with van der Waals surface area (Å²) < 4.78 is 0.170. The number of Topliss-reactive ketones (excluding diaryl/α,β-unsaturated/α-hetero) is 1. The van der Waals surface area contributed by atoms with Crippen molar-refractivity contribution in [2.45, 2.75) is 10.3 Å². The highest BCUT2D eigenvalue weighted by molar-refractivity contribution is 14.1. The van der Waals surface area contributed by atoms with Crippen molar-refractivity contribution in [2.24, 2.45) is 4.99 Å². The van der Waals surface area contributed by atoms with E-state index in [1.807, 2.05) is 45.2 Å². The third-order valence-corrected chi connectivity index (χ3v) is 3.44. The van der Waals surface area contributed by atoms with E-state index in [0.29, 0.717) is 9.28 Å². The van der Waals surface area contributed by atoms with Crippen molar-refractivity contribution in [1.82, 2.24) is 0 Å². The predicted molar refractivity (Wildman–Crippen MR) is 64.6 cm³/mol. The molecule has 0 amide bonds. The van der Waals surface area contributed by atoms with E-state index in [1.54, 1.807) is 0 Å². The molecule has 1 rings (SSSR count). The number of halogens is 2. The van der Waals surface area contributed by atoms with Crippen LogP contribution in [0.25, 0.3) is 0 Å². The Morgan fingerprint density at radius 2 is 2.31 bits per heavy atom. The van der Waals surface area contributed by atoms with Gasteiger partial charge in [-0.15, -0.1) is 0 Å². The zero-order valence-electron chi connectivity index (χ0n) is 6.33. The number of ketones is 1. The molecule has 1 aliphatic heterocycles. The summed E-state index contributed by atoms with van der Waals surface area (Å²) in [6, 6.07) is 0. The van der Waals surface area contributed by atoms with Crippen molar-refractivity contribution >= 4 is 63.1 Å². The topological polar surface area (TPSA) is 66.7 Å². The van der Waals surface area contributed by atoms with Crippen LogP contribution in [0.5, 0.6) is 0 Å². The first-order chi connectivity index (χ1) is 6.02. The van der Waals surface area contributed by atoms with Gasteiger partial charge in [0.2, 0.25) is 0 Å². The summed E-state index contributed by atoms with van der Waals surface area (Å²) in [6.07, 6.45) is 1.28. The third-order valence-electron chi connectivity index (χ3n) is 1.40. The van der Waals surface area contributed by atoms with Crippen molar-refractivity contribution < 1.29 is 14.7 Å². The standard InChI is InChI=1S/C7H5I2NO3/c8-3-2-10-4(1-5(11)12)6(9)7(3)13/h2-3H,1H2,(H,11,12). The van der Waals surface area contributed by atoms with Crippen LogP contribution >= 0.6 is 45.2 Å². The average molecular weight is 405 g/mol. The summed E-state index contributed by atoms with van der Waals surface area (Å²) >= 11 is 3.80. The van der Waals surface area contributed by atoms with Crippen LogP contribution in [0.2, 0.25) is 0 Å². The second-order valence-electron chi connectivity index (χ2n) is 2.38. The van der Waals surface area contributed by atoms with Gasteiger partial charge in [-0.05, 0) is 22.6 Å². The van der Waals surface area contributed by atoms with Crippen LogP contribution in [0.15, 0.2) is 14.3 Å². The van der Waals surface area contributed by atoms with E-state index in [4.69, 9.17) is 5.11 Å². The highest BCUT2D eigenvalue weighted by Crippen LogP contribution is 2.25. The Kier molecular flexibility index (Phi) is 3.83. The lowest BCUT2D eigenvalue weighted by Gasteiger charge is -2.11. The Morgan fingerprint density at radius 1 is 1.69 bits per heavy atom. The average Bonchev–Trinajstić information content (AvgIpc) is 2.06. The maximum atomic E-state index is 11.4. The number of nitrogens with zero attached hydrogens (tertiary/aromatic N) is 1. The van der Waals surface area contributed by atoms with E-state index in [-0.39, 0.29) is 16.1 Å². The Morgan fingerprint density at radius 3 is 2.85 bits per heavy atom. The first kappa shape index (κ1) is 11.1. The van der Waals surface area contributed by atoms with E-state index in [1.165, 1.54) is 6.21 Å². The second kappa shape index (κ2) is 4.49. The lowest BCUT2D eigenvalue weighted by Crippen LogP contribution is -2.20.